The highest BCUT2D eigenvalue weighted by Gasteiger charge is 2.37. The highest BCUT2D eigenvalue weighted by atomic mass is 16.6. The zero-order chi connectivity index (χ0) is 17.9. The maximum atomic E-state index is 12.5. The fourth-order valence-electron chi connectivity index (χ4n) is 3.14. The van der Waals surface area contributed by atoms with Crippen molar-refractivity contribution in [1.29, 1.82) is 0 Å². The van der Waals surface area contributed by atoms with Gasteiger partial charge in [-0.25, -0.2) is 4.79 Å². The van der Waals surface area contributed by atoms with Gasteiger partial charge in [-0.3, -0.25) is 9.59 Å². The molecule has 0 aliphatic carbocycles. The molecule has 24 heavy (non-hydrogen) atoms. The van der Waals surface area contributed by atoms with Gasteiger partial charge in [0.2, 0.25) is 5.91 Å². The van der Waals surface area contributed by atoms with Crippen LogP contribution >= 0.6 is 0 Å². The molecule has 0 spiro atoms. The number of ether oxygens (including phenoxy) is 2. The predicted molar refractivity (Wildman–Crippen MR) is 87.2 cm³/mol. The Kier molecular flexibility index (Phi) is 5.72. The van der Waals surface area contributed by atoms with Crippen LogP contribution < -0.4 is 5.32 Å². The van der Waals surface area contributed by atoms with E-state index >= 15 is 0 Å². The lowest BCUT2D eigenvalue weighted by Crippen LogP contribution is -2.53. The van der Waals surface area contributed by atoms with Crippen molar-refractivity contribution in [2.75, 3.05) is 13.1 Å². The zero-order valence-corrected chi connectivity index (χ0v) is 15.0. The lowest BCUT2D eigenvalue weighted by molar-refractivity contribution is -0.142. The first-order chi connectivity index (χ1) is 11.2. The first kappa shape index (κ1) is 18.5. The van der Waals surface area contributed by atoms with E-state index in [0.717, 1.165) is 12.8 Å². The Balaban J connectivity index is 1.88. The van der Waals surface area contributed by atoms with Crippen LogP contribution in [0.5, 0.6) is 0 Å². The van der Waals surface area contributed by atoms with Crippen molar-refractivity contribution in [2.24, 2.45) is 5.92 Å². The van der Waals surface area contributed by atoms with Gasteiger partial charge in [-0.2, -0.15) is 0 Å². The molecule has 7 heteroatoms. The molecule has 0 saturated carbocycles. The van der Waals surface area contributed by atoms with Crippen LogP contribution in [0, 0.1) is 5.92 Å². The normalized spacial score (nSPS) is 27.6. The molecule has 2 fully saturated rings. The predicted octanol–water partition coefficient (Wildman–Crippen LogP) is 1.84. The lowest BCUT2D eigenvalue weighted by atomic mass is 9.89. The molecule has 2 aliphatic rings. The summed E-state index contributed by atoms with van der Waals surface area (Å²) in [5.74, 6) is -0.585. The minimum absolute atomic E-state index is 0.0984. The molecule has 1 unspecified atom stereocenters. The number of rotatable bonds is 3. The highest BCUT2D eigenvalue weighted by Crippen LogP contribution is 2.26. The molecule has 136 valence electrons. The molecule has 2 amide bonds. The van der Waals surface area contributed by atoms with Crippen LogP contribution in [0.25, 0.3) is 0 Å². The summed E-state index contributed by atoms with van der Waals surface area (Å²) < 4.78 is 10.5. The van der Waals surface area contributed by atoms with Crippen LogP contribution in [-0.4, -0.2) is 53.7 Å². The lowest BCUT2D eigenvalue weighted by Gasteiger charge is -2.39. The first-order valence-electron chi connectivity index (χ1n) is 8.64. The molecule has 0 radical (unpaired) electrons. The summed E-state index contributed by atoms with van der Waals surface area (Å²) in [5.41, 5.74) is -0.557. The fraction of sp³-hybridized carbons (Fsp3) is 0.824. The summed E-state index contributed by atoms with van der Waals surface area (Å²) in [5, 5.41) is 2.86. The topological polar surface area (TPSA) is 84.9 Å². The van der Waals surface area contributed by atoms with E-state index in [2.05, 4.69) is 5.32 Å². The number of amides is 2. The van der Waals surface area contributed by atoms with Crippen molar-refractivity contribution in [3.05, 3.63) is 0 Å². The molecule has 0 bridgehead atoms. The van der Waals surface area contributed by atoms with Crippen LogP contribution in [0.2, 0.25) is 0 Å². The molecule has 2 heterocycles. The summed E-state index contributed by atoms with van der Waals surface area (Å²) in [6, 6.07) is -0.222. The number of hydrogen-bond donors (Lipinski definition) is 1. The van der Waals surface area contributed by atoms with E-state index in [1.165, 1.54) is 0 Å². The molecule has 2 rings (SSSR count). The number of likely N-dealkylation sites (tertiary alicyclic amines) is 1. The van der Waals surface area contributed by atoms with E-state index in [0.29, 0.717) is 25.9 Å². The van der Waals surface area contributed by atoms with E-state index in [4.69, 9.17) is 9.47 Å². The van der Waals surface area contributed by atoms with Gasteiger partial charge in [-0.1, -0.05) is 0 Å². The maximum Gasteiger partial charge on any atom is 0.410 e. The molecular weight excluding hydrogens is 312 g/mol. The van der Waals surface area contributed by atoms with Gasteiger partial charge in [0.25, 0.3) is 0 Å². The molecule has 7 nitrogen and oxygen atoms in total. The third kappa shape index (κ3) is 4.85. The molecular formula is C17H28N2O5. The SMILES string of the molecule is C[C@@H]1[C@H](C(=O)NCC2CCC(=O)O2)CCCN1C(=O)OC(C)(C)C. The maximum absolute atomic E-state index is 12.5. The van der Waals surface area contributed by atoms with Crippen LogP contribution in [0.3, 0.4) is 0 Å². The standard InChI is InChI=1S/C17H28N2O5/c1-11-13(15(21)18-10-12-7-8-14(20)23-12)6-5-9-19(11)16(22)24-17(2,3)4/h11-13H,5-10H2,1-4H3,(H,18,21)/t11-,12?,13-/m1/s1. The minimum Gasteiger partial charge on any atom is -0.460 e. The quantitative estimate of drug-likeness (QED) is 0.793. The number of nitrogens with zero attached hydrogens (tertiary/aromatic N) is 1. The Labute approximate surface area is 143 Å². The number of esters is 1. The van der Waals surface area contributed by atoms with Crippen molar-refractivity contribution in [3.8, 4) is 0 Å². The molecule has 0 aromatic carbocycles. The second-order valence-electron chi connectivity index (χ2n) is 7.56. The molecule has 1 N–H and O–H groups in total. The van der Waals surface area contributed by atoms with E-state index in [1.807, 2.05) is 27.7 Å². The number of carbonyl (C=O) groups excluding carboxylic acids is 3. The van der Waals surface area contributed by atoms with E-state index in [9.17, 15) is 14.4 Å². The van der Waals surface area contributed by atoms with Gasteiger partial charge in [0.05, 0.1) is 12.5 Å². The van der Waals surface area contributed by atoms with Gasteiger partial charge in [0.1, 0.15) is 11.7 Å². The highest BCUT2D eigenvalue weighted by molar-refractivity contribution is 5.81. The largest absolute Gasteiger partial charge is 0.460 e. The number of hydrogen-bond acceptors (Lipinski definition) is 5. The van der Waals surface area contributed by atoms with Gasteiger partial charge < -0.3 is 19.7 Å². The van der Waals surface area contributed by atoms with Crippen LogP contribution in [0.4, 0.5) is 4.79 Å². The number of nitrogens with one attached hydrogen (secondary N) is 1. The van der Waals surface area contributed by atoms with Crippen LogP contribution in [0.1, 0.15) is 53.4 Å². The number of carbonyl (C=O) groups is 3. The van der Waals surface area contributed by atoms with Crippen molar-refractivity contribution in [3.63, 3.8) is 0 Å². The third-order valence-corrected chi connectivity index (χ3v) is 4.43. The van der Waals surface area contributed by atoms with E-state index in [1.54, 1.807) is 4.90 Å². The van der Waals surface area contributed by atoms with E-state index in [-0.39, 0.29) is 36.0 Å². The minimum atomic E-state index is -0.557. The summed E-state index contributed by atoms with van der Waals surface area (Å²) >= 11 is 0. The number of piperidine rings is 1. The summed E-state index contributed by atoms with van der Waals surface area (Å²) in [7, 11) is 0. The Morgan fingerprint density at radius 2 is 2.04 bits per heavy atom. The third-order valence-electron chi connectivity index (χ3n) is 4.43. The second kappa shape index (κ2) is 7.40. The van der Waals surface area contributed by atoms with E-state index < -0.39 is 5.60 Å². The van der Waals surface area contributed by atoms with Gasteiger partial charge in [0.15, 0.2) is 0 Å². The van der Waals surface area contributed by atoms with Gasteiger partial charge in [-0.15, -0.1) is 0 Å². The first-order valence-corrected chi connectivity index (χ1v) is 8.64. The average Bonchev–Trinajstić information content (AvgIpc) is 2.88. The van der Waals surface area contributed by atoms with Crippen LogP contribution in [0.15, 0.2) is 0 Å². The average molecular weight is 340 g/mol. The summed E-state index contributed by atoms with van der Waals surface area (Å²) in [6.07, 6.45) is 1.94. The Morgan fingerprint density at radius 1 is 1.33 bits per heavy atom. The second-order valence-corrected chi connectivity index (χ2v) is 7.56. The monoisotopic (exact) mass is 340 g/mol. The Morgan fingerprint density at radius 3 is 2.62 bits per heavy atom. The zero-order valence-electron chi connectivity index (χ0n) is 15.0. The molecule has 2 saturated heterocycles. The molecule has 0 aromatic heterocycles. The summed E-state index contributed by atoms with van der Waals surface area (Å²) in [4.78, 5) is 37.5. The number of cyclic esters (lactones) is 1. The smallest absolute Gasteiger partial charge is 0.410 e. The van der Waals surface area contributed by atoms with Gasteiger partial charge in [-0.05, 0) is 47.0 Å². The molecule has 0 aromatic rings. The van der Waals surface area contributed by atoms with Gasteiger partial charge >= 0.3 is 12.1 Å². The summed E-state index contributed by atoms with van der Waals surface area (Å²) in [6.45, 7) is 8.29. The fourth-order valence-corrected chi connectivity index (χ4v) is 3.14. The Hall–Kier alpha value is -1.79. The van der Waals surface area contributed by atoms with Crippen LogP contribution in [-0.2, 0) is 19.1 Å². The van der Waals surface area contributed by atoms with Crippen molar-refractivity contribution < 1.29 is 23.9 Å². The molecule has 3 atom stereocenters. The van der Waals surface area contributed by atoms with Crippen molar-refractivity contribution in [1.82, 2.24) is 10.2 Å². The van der Waals surface area contributed by atoms with Gasteiger partial charge in [0, 0.05) is 19.0 Å². The van der Waals surface area contributed by atoms with Crippen molar-refractivity contribution in [2.45, 2.75) is 71.1 Å². The Bertz CT molecular complexity index is 500. The molecule has 2 aliphatic heterocycles. The van der Waals surface area contributed by atoms with Crippen molar-refractivity contribution >= 4 is 18.0 Å².